The first-order valence-corrected chi connectivity index (χ1v) is 10.5. The number of nitrogens with one attached hydrogen (secondary N) is 2. The molecule has 0 aliphatic carbocycles. The van der Waals surface area contributed by atoms with Crippen molar-refractivity contribution in [2.45, 2.75) is 52.0 Å². The Hall–Kier alpha value is -0.850. The Balaban J connectivity index is 1.58. The van der Waals surface area contributed by atoms with E-state index in [0.29, 0.717) is 0 Å². The van der Waals surface area contributed by atoms with Gasteiger partial charge in [0, 0.05) is 45.3 Å². The molecule has 2 aliphatic rings. The minimum absolute atomic E-state index is 0.104. The minimum atomic E-state index is 0.104. The van der Waals surface area contributed by atoms with E-state index in [1.165, 1.54) is 45.3 Å². The van der Waals surface area contributed by atoms with E-state index < -0.39 is 0 Å². The number of nitrogens with zero attached hydrogens (tertiary/aromatic N) is 3. The average Bonchev–Trinajstić information content (AvgIpc) is 2.65. The predicted octanol–water partition coefficient (Wildman–Crippen LogP) is 1.77. The first-order valence-electron chi connectivity index (χ1n) is 10.5. The molecule has 26 heavy (non-hydrogen) atoms. The fourth-order valence-electron chi connectivity index (χ4n) is 3.96. The summed E-state index contributed by atoms with van der Waals surface area (Å²) in [5.74, 6) is 1.79. The van der Waals surface area contributed by atoms with Crippen LogP contribution in [0.2, 0.25) is 0 Å². The zero-order chi connectivity index (χ0) is 18.8. The summed E-state index contributed by atoms with van der Waals surface area (Å²) in [5, 5.41) is 6.97. The number of aliphatic imine (C=N–C) groups is 1. The van der Waals surface area contributed by atoms with Crippen molar-refractivity contribution >= 4 is 5.96 Å². The second kappa shape index (κ2) is 11.1. The summed E-state index contributed by atoms with van der Waals surface area (Å²) in [5.41, 5.74) is 0.104. The summed E-state index contributed by atoms with van der Waals surface area (Å²) < 4.78 is 5.47. The van der Waals surface area contributed by atoms with Crippen LogP contribution in [0.4, 0.5) is 0 Å². The van der Waals surface area contributed by atoms with Crippen LogP contribution < -0.4 is 10.6 Å². The van der Waals surface area contributed by atoms with Gasteiger partial charge < -0.3 is 20.3 Å². The molecule has 2 heterocycles. The van der Waals surface area contributed by atoms with Crippen LogP contribution in [0.25, 0.3) is 0 Å². The Morgan fingerprint density at radius 2 is 1.92 bits per heavy atom. The zero-order valence-electron chi connectivity index (χ0n) is 17.5. The third-order valence-electron chi connectivity index (χ3n) is 5.71. The van der Waals surface area contributed by atoms with Crippen LogP contribution in [0, 0.1) is 5.92 Å². The highest BCUT2D eigenvalue weighted by Gasteiger charge is 2.28. The molecule has 0 spiro atoms. The van der Waals surface area contributed by atoms with E-state index in [0.717, 1.165) is 51.3 Å². The summed E-state index contributed by atoms with van der Waals surface area (Å²) in [6, 6.07) is 0. The third kappa shape index (κ3) is 7.41. The maximum Gasteiger partial charge on any atom is 0.191 e. The highest BCUT2D eigenvalue weighted by atomic mass is 16.5. The molecule has 0 saturated carbocycles. The molecule has 0 radical (unpaired) electrons. The summed E-state index contributed by atoms with van der Waals surface area (Å²) in [6.07, 6.45) is 5.23. The van der Waals surface area contributed by atoms with E-state index in [2.05, 4.69) is 46.2 Å². The van der Waals surface area contributed by atoms with Gasteiger partial charge in [-0.25, -0.2) is 0 Å². The molecule has 0 amide bonds. The van der Waals surface area contributed by atoms with E-state index in [-0.39, 0.29) is 5.54 Å². The fraction of sp³-hybridized carbons (Fsp3) is 0.950. The lowest BCUT2D eigenvalue weighted by atomic mass is 10.0. The van der Waals surface area contributed by atoms with Gasteiger partial charge in [0.05, 0.1) is 13.2 Å². The van der Waals surface area contributed by atoms with Crippen LogP contribution in [0.15, 0.2) is 4.99 Å². The Kier molecular flexibility index (Phi) is 9.16. The van der Waals surface area contributed by atoms with Gasteiger partial charge in [-0.05, 0) is 58.5 Å². The average molecular weight is 368 g/mol. The molecule has 0 aromatic carbocycles. The second-order valence-corrected chi connectivity index (χ2v) is 8.52. The number of morpholine rings is 1. The largest absolute Gasteiger partial charge is 0.379 e. The number of piperidine rings is 1. The predicted molar refractivity (Wildman–Crippen MR) is 110 cm³/mol. The van der Waals surface area contributed by atoms with Crippen LogP contribution in [0.1, 0.15) is 46.5 Å². The van der Waals surface area contributed by atoms with Crippen molar-refractivity contribution in [3.63, 3.8) is 0 Å². The van der Waals surface area contributed by atoms with Crippen LogP contribution in [-0.4, -0.2) is 87.4 Å². The first-order chi connectivity index (χ1) is 12.5. The molecule has 2 saturated heterocycles. The molecule has 1 atom stereocenters. The fourth-order valence-corrected chi connectivity index (χ4v) is 3.96. The lowest BCUT2D eigenvalue weighted by molar-refractivity contribution is -0.00833. The highest BCUT2D eigenvalue weighted by molar-refractivity contribution is 5.79. The van der Waals surface area contributed by atoms with Gasteiger partial charge in [-0.3, -0.25) is 9.89 Å². The standard InChI is InChI=1S/C20H41N5O/c1-18-8-7-11-24(16-18)10-6-5-9-22-19(21-4)23-17-20(2,3)25-12-14-26-15-13-25/h18H,5-17H2,1-4H3,(H2,21,22,23). The van der Waals surface area contributed by atoms with Gasteiger partial charge in [0.2, 0.25) is 0 Å². The molecule has 1 unspecified atom stereocenters. The Morgan fingerprint density at radius 3 is 2.62 bits per heavy atom. The molecule has 0 aromatic rings. The van der Waals surface area contributed by atoms with Crippen molar-refractivity contribution in [3.05, 3.63) is 0 Å². The van der Waals surface area contributed by atoms with Gasteiger partial charge >= 0.3 is 0 Å². The highest BCUT2D eigenvalue weighted by Crippen LogP contribution is 2.16. The van der Waals surface area contributed by atoms with E-state index in [1.54, 1.807) is 0 Å². The maximum absolute atomic E-state index is 5.47. The van der Waals surface area contributed by atoms with Gasteiger partial charge in [0.1, 0.15) is 0 Å². The lowest BCUT2D eigenvalue weighted by Gasteiger charge is -2.41. The lowest BCUT2D eigenvalue weighted by Crippen LogP contribution is -2.56. The zero-order valence-corrected chi connectivity index (χ0v) is 17.5. The molecule has 2 rings (SSSR count). The first kappa shape index (κ1) is 21.5. The number of hydrogen-bond acceptors (Lipinski definition) is 4. The summed E-state index contributed by atoms with van der Waals surface area (Å²) in [7, 11) is 1.85. The van der Waals surface area contributed by atoms with Crippen molar-refractivity contribution in [1.82, 2.24) is 20.4 Å². The number of likely N-dealkylation sites (tertiary alicyclic amines) is 1. The molecule has 2 N–H and O–H groups in total. The topological polar surface area (TPSA) is 52.1 Å². The van der Waals surface area contributed by atoms with Crippen LogP contribution in [0.5, 0.6) is 0 Å². The molecule has 2 aliphatic heterocycles. The van der Waals surface area contributed by atoms with Crippen LogP contribution in [-0.2, 0) is 4.74 Å². The van der Waals surface area contributed by atoms with Crippen molar-refractivity contribution in [2.24, 2.45) is 10.9 Å². The molecule has 2 fully saturated rings. The number of guanidine groups is 1. The minimum Gasteiger partial charge on any atom is -0.379 e. The maximum atomic E-state index is 5.47. The van der Waals surface area contributed by atoms with Crippen molar-refractivity contribution < 1.29 is 4.74 Å². The quantitative estimate of drug-likeness (QED) is 0.389. The Morgan fingerprint density at radius 1 is 1.15 bits per heavy atom. The van der Waals surface area contributed by atoms with E-state index >= 15 is 0 Å². The number of hydrogen-bond donors (Lipinski definition) is 2. The van der Waals surface area contributed by atoms with Crippen LogP contribution >= 0.6 is 0 Å². The number of unbranched alkanes of at least 4 members (excludes halogenated alkanes) is 1. The van der Waals surface area contributed by atoms with Crippen molar-refractivity contribution in [2.75, 3.05) is 66.1 Å². The second-order valence-electron chi connectivity index (χ2n) is 8.52. The van der Waals surface area contributed by atoms with Crippen LogP contribution in [0.3, 0.4) is 0 Å². The Labute approximate surface area is 160 Å². The summed E-state index contributed by atoms with van der Waals surface area (Å²) in [4.78, 5) is 9.50. The van der Waals surface area contributed by atoms with E-state index in [4.69, 9.17) is 4.74 Å². The molecule has 6 nitrogen and oxygen atoms in total. The normalized spacial score (nSPS) is 23.8. The summed E-state index contributed by atoms with van der Waals surface area (Å²) >= 11 is 0. The van der Waals surface area contributed by atoms with Crippen molar-refractivity contribution in [1.29, 1.82) is 0 Å². The van der Waals surface area contributed by atoms with Gasteiger partial charge in [-0.1, -0.05) is 6.92 Å². The molecule has 152 valence electrons. The smallest absolute Gasteiger partial charge is 0.191 e. The monoisotopic (exact) mass is 367 g/mol. The van der Waals surface area contributed by atoms with Crippen molar-refractivity contribution in [3.8, 4) is 0 Å². The van der Waals surface area contributed by atoms with E-state index in [9.17, 15) is 0 Å². The molecule has 6 heteroatoms. The van der Waals surface area contributed by atoms with E-state index in [1.807, 2.05) is 7.05 Å². The molecular weight excluding hydrogens is 326 g/mol. The molecular formula is C20H41N5O. The van der Waals surface area contributed by atoms with Gasteiger partial charge in [-0.2, -0.15) is 0 Å². The van der Waals surface area contributed by atoms with Gasteiger partial charge in [-0.15, -0.1) is 0 Å². The SMILES string of the molecule is CN=C(NCCCCN1CCCC(C)C1)NCC(C)(C)N1CCOCC1. The number of rotatable bonds is 8. The molecule has 0 aromatic heterocycles. The third-order valence-corrected chi connectivity index (χ3v) is 5.71. The number of ether oxygens (including phenoxy) is 1. The van der Waals surface area contributed by atoms with Gasteiger partial charge in [0.15, 0.2) is 5.96 Å². The summed E-state index contributed by atoms with van der Waals surface area (Å²) in [6.45, 7) is 16.3. The Bertz CT molecular complexity index is 420. The van der Waals surface area contributed by atoms with Gasteiger partial charge in [0.25, 0.3) is 0 Å². The molecule has 0 bridgehead atoms.